The second kappa shape index (κ2) is 14.9. The molecule has 0 bridgehead atoms. The third-order valence-electron chi connectivity index (χ3n) is 5.92. The molecule has 0 aromatic heterocycles. The number of amides is 1. The first-order chi connectivity index (χ1) is 19.3. The van der Waals surface area contributed by atoms with E-state index in [9.17, 15) is 4.79 Å². The largest absolute Gasteiger partial charge is 0.457 e. The molecule has 7 heteroatoms. The Morgan fingerprint density at radius 3 is 1.85 bits per heavy atom. The molecular weight excluding hydrogens is 510 g/mol. The number of amidine groups is 1. The lowest BCUT2D eigenvalue weighted by Gasteiger charge is -2.14. The number of aliphatic imine (C=N–C) groups is 1. The highest BCUT2D eigenvalue weighted by Gasteiger charge is 2.09. The molecule has 2 rings (SSSR count). The summed E-state index contributed by atoms with van der Waals surface area (Å²) in [6.07, 6.45) is 6.87. The molecule has 7 nitrogen and oxygen atoms in total. The van der Waals surface area contributed by atoms with Gasteiger partial charge in [0.05, 0.1) is 5.70 Å². The number of allylic oxidation sites excluding steroid dienone is 5. The highest BCUT2D eigenvalue weighted by Crippen LogP contribution is 2.21. The van der Waals surface area contributed by atoms with E-state index in [0.29, 0.717) is 45.5 Å². The van der Waals surface area contributed by atoms with E-state index in [1.165, 1.54) is 0 Å². The first kappa shape index (κ1) is 32.2. The number of nitrogens with zero attached hydrogens (tertiary/aromatic N) is 3. The fourth-order valence-electron chi connectivity index (χ4n) is 3.35. The summed E-state index contributed by atoms with van der Waals surface area (Å²) in [6, 6.07) is 15.1. The summed E-state index contributed by atoms with van der Waals surface area (Å²) in [5.74, 6) is 0.887. The van der Waals surface area contributed by atoms with E-state index in [2.05, 4.69) is 36.6 Å². The summed E-state index contributed by atoms with van der Waals surface area (Å²) >= 11 is 0. The van der Waals surface area contributed by atoms with Crippen molar-refractivity contribution in [3.8, 4) is 0 Å². The van der Waals surface area contributed by atoms with Gasteiger partial charge in [0.1, 0.15) is 17.4 Å². The second-order valence-corrected chi connectivity index (χ2v) is 9.75. The van der Waals surface area contributed by atoms with Crippen LogP contribution in [-0.4, -0.2) is 39.9 Å². The molecule has 0 spiro atoms. The molecule has 0 fully saturated rings. The van der Waals surface area contributed by atoms with Crippen LogP contribution in [0.2, 0.25) is 0 Å². The standard InChI is InChI=1S/C34H41N5O2/c1-11-29(37-33(35)27-14-18-30(19-15-27)38(7)8)22-32(23(2)3)41-26(6)24(4)12-13-25(5)36-34(40)28-16-20-31(21-17-28)39(9)10/h11-22H,2,4-6H2,1,3,7-10H3,(H2,35,37)(H,36,40)/b13-12-,29-11+,32-22+. The Bertz CT molecular complexity index is 1420. The van der Waals surface area contributed by atoms with E-state index in [1.54, 1.807) is 30.4 Å². The SMILES string of the molecule is C=C(/C=C\C(=C)C(=C)O/C(=C/C(=C\C)N=C(N)c1ccc(N(C)C)cc1)C(=C)C)NC(=O)c1ccc(N(C)C)cc1. The fourth-order valence-corrected chi connectivity index (χ4v) is 3.35. The van der Waals surface area contributed by atoms with Gasteiger partial charge >= 0.3 is 0 Å². The summed E-state index contributed by atoms with van der Waals surface area (Å²) in [5, 5.41) is 2.76. The van der Waals surface area contributed by atoms with Crippen molar-refractivity contribution in [2.45, 2.75) is 13.8 Å². The highest BCUT2D eigenvalue weighted by molar-refractivity contribution is 5.98. The van der Waals surface area contributed by atoms with Crippen molar-refractivity contribution in [3.05, 3.63) is 144 Å². The minimum atomic E-state index is -0.259. The first-order valence-corrected chi connectivity index (χ1v) is 13.0. The molecule has 2 aromatic rings. The molecule has 0 unspecified atom stereocenters. The molecule has 3 N–H and O–H groups in total. The molecule has 41 heavy (non-hydrogen) atoms. The molecule has 1 amide bonds. The number of ether oxygens (including phenoxy) is 1. The number of benzene rings is 2. The zero-order chi connectivity index (χ0) is 30.7. The van der Waals surface area contributed by atoms with Crippen LogP contribution in [0.3, 0.4) is 0 Å². The zero-order valence-corrected chi connectivity index (χ0v) is 25.0. The predicted molar refractivity (Wildman–Crippen MR) is 174 cm³/mol. The quantitative estimate of drug-likeness (QED) is 0.129. The Morgan fingerprint density at radius 1 is 0.878 bits per heavy atom. The molecule has 0 aliphatic heterocycles. The van der Waals surface area contributed by atoms with E-state index in [4.69, 9.17) is 10.5 Å². The molecule has 0 aliphatic rings. The molecule has 2 aromatic carbocycles. The number of carbonyl (C=O) groups excluding carboxylic acids is 1. The van der Waals surface area contributed by atoms with E-state index in [-0.39, 0.29) is 5.91 Å². The Morgan fingerprint density at radius 2 is 1.39 bits per heavy atom. The Balaban J connectivity index is 2.06. The lowest BCUT2D eigenvalue weighted by molar-refractivity contribution is 0.0967. The van der Waals surface area contributed by atoms with Gasteiger partial charge in [-0.1, -0.05) is 32.4 Å². The lowest BCUT2D eigenvalue weighted by atomic mass is 10.1. The van der Waals surface area contributed by atoms with Crippen LogP contribution in [0, 0.1) is 0 Å². The van der Waals surface area contributed by atoms with Crippen molar-refractivity contribution in [3.63, 3.8) is 0 Å². The minimum absolute atomic E-state index is 0.259. The number of nitrogens with one attached hydrogen (secondary N) is 1. The fraction of sp³-hybridized carbons (Fsp3) is 0.176. The number of carbonyl (C=O) groups is 1. The molecule has 0 saturated heterocycles. The third-order valence-corrected chi connectivity index (χ3v) is 5.92. The van der Waals surface area contributed by atoms with Gasteiger partial charge in [-0.05, 0) is 80.1 Å². The van der Waals surface area contributed by atoms with Crippen LogP contribution < -0.4 is 20.9 Å². The van der Waals surface area contributed by atoms with Crippen molar-refractivity contribution in [1.29, 1.82) is 0 Å². The second-order valence-electron chi connectivity index (χ2n) is 9.75. The summed E-state index contributed by atoms with van der Waals surface area (Å²) in [5.41, 5.74) is 11.9. The van der Waals surface area contributed by atoms with Gasteiger partial charge in [-0.3, -0.25) is 4.79 Å². The van der Waals surface area contributed by atoms with Crippen molar-refractivity contribution in [2.24, 2.45) is 10.7 Å². The molecule has 0 atom stereocenters. The summed E-state index contributed by atoms with van der Waals surface area (Å²) < 4.78 is 5.99. The van der Waals surface area contributed by atoms with Gasteiger partial charge in [0.2, 0.25) is 0 Å². The Labute approximate surface area is 244 Å². The minimum Gasteiger partial charge on any atom is -0.457 e. The number of nitrogens with two attached hydrogens (primary N) is 1. The van der Waals surface area contributed by atoms with Gasteiger partial charge < -0.3 is 25.6 Å². The van der Waals surface area contributed by atoms with E-state index >= 15 is 0 Å². The van der Waals surface area contributed by atoms with Crippen LogP contribution in [0.4, 0.5) is 11.4 Å². The van der Waals surface area contributed by atoms with E-state index in [1.807, 2.05) is 94.3 Å². The topological polar surface area (TPSA) is 83.2 Å². The zero-order valence-electron chi connectivity index (χ0n) is 25.0. The number of anilines is 2. The molecule has 0 heterocycles. The first-order valence-electron chi connectivity index (χ1n) is 13.0. The number of rotatable bonds is 13. The molecule has 0 saturated carbocycles. The van der Waals surface area contributed by atoms with Crippen LogP contribution in [0.1, 0.15) is 29.8 Å². The van der Waals surface area contributed by atoms with Crippen LogP contribution in [0.5, 0.6) is 0 Å². The predicted octanol–water partition coefficient (Wildman–Crippen LogP) is 6.47. The van der Waals surface area contributed by atoms with Crippen LogP contribution in [0.15, 0.2) is 138 Å². The Hall–Kier alpha value is -5.04. The van der Waals surface area contributed by atoms with Crippen LogP contribution in [-0.2, 0) is 4.74 Å². The number of hydrogen-bond donors (Lipinski definition) is 2. The maximum atomic E-state index is 12.5. The van der Waals surface area contributed by atoms with Crippen LogP contribution in [0.25, 0.3) is 0 Å². The van der Waals surface area contributed by atoms with Crippen molar-refractivity contribution < 1.29 is 9.53 Å². The van der Waals surface area contributed by atoms with Gasteiger partial charge in [0.15, 0.2) is 0 Å². The molecule has 0 aliphatic carbocycles. The Kier molecular flexibility index (Phi) is 11.7. The van der Waals surface area contributed by atoms with E-state index in [0.717, 1.165) is 16.9 Å². The van der Waals surface area contributed by atoms with Gasteiger partial charge in [0.25, 0.3) is 5.91 Å². The summed E-state index contributed by atoms with van der Waals surface area (Å²) in [4.78, 5) is 21.1. The van der Waals surface area contributed by atoms with Gasteiger partial charge in [-0.15, -0.1) is 0 Å². The highest BCUT2D eigenvalue weighted by atomic mass is 16.5. The van der Waals surface area contributed by atoms with Crippen molar-refractivity contribution >= 4 is 23.1 Å². The summed E-state index contributed by atoms with van der Waals surface area (Å²) in [7, 11) is 7.84. The monoisotopic (exact) mass is 551 g/mol. The third kappa shape index (κ3) is 9.89. The lowest BCUT2D eigenvalue weighted by Crippen LogP contribution is -2.21. The van der Waals surface area contributed by atoms with Crippen molar-refractivity contribution in [1.82, 2.24) is 5.32 Å². The van der Waals surface area contributed by atoms with Crippen LogP contribution >= 0.6 is 0 Å². The van der Waals surface area contributed by atoms with Gasteiger partial charge in [0, 0.05) is 68.0 Å². The van der Waals surface area contributed by atoms with Crippen molar-refractivity contribution in [2.75, 3.05) is 38.0 Å². The molecular formula is C34H41N5O2. The molecule has 214 valence electrons. The van der Waals surface area contributed by atoms with E-state index < -0.39 is 0 Å². The normalized spacial score (nSPS) is 12.1. The van der Waals surface area contributed by atoms with Gasteiger partial charge in [-0.25, -0.2) is 4.99 Å². The summed E-state index contributed by atoms with van der Waals surface area (Å²) in [6.45, 7) is 19.6. The maximum absolute atomic E-state index is 12.5. The smallest absolute Gasteiger partial charge is 0.255 e. The maximum Gasteiger partial charge on any atom is 0.255 e. The average Bonchev–Trinajstić information content (AvgIpc) is 2.94. The average molecular weight is 552 g/mol. The molecule has 0 radical (unpaired) electrons. The number of hydrogen-bond acceptors (Lipinski definition) is 5. The van der Waals surface area contributed by atoms with Gasteiger partial charge in [-0.2, -0.15) is 0 Å².